The number of ether oxygens (including phenoxy) is 1. The number of rotatable bonds is 4. The summed E-state index contributed by atoms with van der Waals surface area (Å²) in [5.74, 6) is 0.723. The lowest BCUT2D eigenvalue weighted by molar-refractivity contribution is 0.119. The maximum Gasteiger partial charge on any atom is 0.0793 e. The first kappa shape index (κ1) is 11.3. The maximum atomic E-state index is 5.26. The molecule has 1 aromatic carbocycles. The van der Waals surface area contributed by atoms with Crippen molar-refractivity contribution in [2.75, 3.05) is 7.11 Å². The zero-order chi connectivity index (χ0) is 10.6. The Hall–Kier alpha value is -0.820. The van der Waals surface area contributed by atoms with Gasteiger partial charge in [-0.3, -0.25) is 0 Å². The Balaban J connectivity index is 2.68. The molecule has 0 saturated heterocycles. The van der Waals surface area contributed by atoms with E-state index in [9.17, 15) is 0 Å². The van der Waals surface area contributed by atoms with Crippen molar-refractivity contribution in [3.8, 4) is 0 Å². The van der Waals surface area contributed by atoms with Crippen molar-refractivity contribution >= 4 is 0 Å². The van der Waals surface area contributed by atoms with Gasteiger partial charge in [0.1, 0.15) is 0 Å². The first-order valence-electron chi connectivity index (χ1n) is 5.25. The molecule has 0 N–H and O–H groups in total. The molecule has 1 heteroatoms. The molecule has 0 aliphatic carbocycles. The van der Waals surface area contributed by atoms with E-state index in [-0.39, 0.29) is 6.10 Å². The van der Waals surface area contributed by atoms with E-state index in [1.54, 1.807) is 7.11 Å². The first-order chi connectivity index (χ1) is 6.63. The van der Waals surface area contributed by atoms with Gasteiger partial charge in [-0.15, -0.1) is 0 Å². The van der Waals surface area contributed by atoms with Crippen LogP contribution in [0.1, 0.15) is 38.0 Å². The van der Waals surface area contributed by atoms with Crippen molar-refractivity contribution in [1.29, 1.82) is 0 Å². The van der Waals surface area contributed by atoms with E-state index < -0.39 is 0 Å². The van der Waals surface area contributed by atoms with Gasteiger partial charge < -0.3 is 4.74 Å². The quantitative estimate of drug-likeness (QED) is 0.708. The average molecular weight is 192 g/mol. The van der Waals surface area contributed by atoms with Gasteiger partial charge in [-0.1, -0.05) is 38.1 Å². The highest BCUT2D eigenvalue weighted by Crippen LogP contribution is 2.17. The van der Waals surface area contributed by atoms with Crippen molar-refractivity contribution in [3.63, 3.8) is 0 Å². The van der Waals surface area contributed by atoms with Crippen LogP contribution in [0.2, 0.25) is 0 Å². The van der Waals surface area contributed by atoms with Crippen molar-refractivity contribution < 1.29 is 4.74 Å². The van der Waals surface area contributed by atoms with Crippen molar-refractivity contribution in [3.05, 3.63) is 35.4 Å². The molecule has 14 heavy (non-hydrogen) atoms. The molecule has 0 saturated carbocycles. The van der Waals surface area contributed by atoms with E-state index in [0.29, 0.717) is 0 Å². The predicted octanol–water partition coefficient (Wildman–Crippen LogP) is 3.59. The summed E-state index contributed by atoms with van der Waals surface area (Å²) >= 11 is 0. The van der Waals surface area contributed by atoms with Crippen LogP contribution in [0.4, 0.5) is 0 Å². The van der Waals surface area contributed by atoms with Crippen LogP contribution in [-0.4, -0.2) is 7.11 Å². The number of methoxy groups -OCH3 is 1. The van der Waals surface area contributed by atoms with Crippen molar-refractivity contribution in [2.24, 2.45) is 5.92 Å². The minimum Gasteiger partial charge on any atom is -0.377 e. The number of benzene rings is 1. The van der Waals surface area contributed by atoms with Gasteiger partial charge in [0.2, 0.25) is 0 Å². The Morgan fingerprint density at radius 2 is 1.64 bits per heavy atom. The Morgan fingerprint density at radius 3 is 2.07 bits per heavy atom. The van der Waals surface area contributed by atoms with E-state index in [2.05, 4.69) is 45.0 Å². The smallest absolute Gasteiger partial charge is 0.0793 e. The Labute approximate surface area is 87.1 Å². The van der Waals surface area contributed by atoms with E-state index >= 15 is 0 Å². The van der Waals surface area contributed by atoms with Crippen molar-refractivity contribution in [2.45, 2.75) is 33.3 Å². The fraction of sp³-hybridized carbons (Fsp3) is 0.538. The molecule has 0 aliphatic heterocycles. The third kappa shape index (κ3) is 3.15. The summed E-state index contributed by atoms with van der Waals surface area (Å²) in [5.41, 5.74) is 2.66. The molecule has 0 aromatic heterocycles. The molecule has 78 valence electrons. The monoisotopic (exact) mass is 192 g/mol. The molecular weight excluding hydrogens is 172 g/mol. The number of hydrogen-bond acceptors (Lipinski definition) is 1. The average Bonchev–Trinajstić information content (AvgIpc) is 2.17. The summed E-state index contributed by atoms with van der Waals surface area (Å²) in [6.45, 7) is 6.55. The predicted molar refractivity (Wildman–Crippen MR) is 60.4 cm³/mol. The molecule has 1 atom stereocenters. The largest absolute Gasteiger partial charge is 0.377 e. The minimum absolute atomic E-state index is 0.197. The first-order valence-corrected chi connectivity index (χ1v) is 5.25. The molecule has 0 amide bonds. The van der Waals surface area contributed by atoms with Gasteiger partial charge in [-0.25, -0.2) is 0 Å². The summed E-state index contributed by atoms with van der Waals surface area (Å²) in [6.07, 6.45) is 1.35. The van der Waals surface area contributed by atoms with Gasteiger partial charge in [-0.2, -0.15) is 0 Å². The van der Waals surface area contributed by atoms with Gasteiger partial charge in [0.05, 0.1) is 6.10 Å². The minimum atomic E-state index is 0.197. The Kier molecular flexibility index (Phi) is 4.15. The highest BCUT2D eigenvalue weighted by molar-refractivity contribution is 5.24. The van der Waals surface area contributed by atoms with Crippen LogP contribution >= 0.6 is 0 Å². The summed E-state index contributed by atoms with van der Waals surface area (Å²) in [7, 11) is 1.74. The fourth-order valence-corrected chi connectivity index (χ4v) is 1.53. The van der Waals surface area contributed by atoms with Gasteiger partial charge in [0, 0.05) is 7.11 Å². The lowest BCUT2D eigenvalue weighted by Crippen LogP contribution is -1.97. The zero-order valence-electron chi connectivity index (χ0n) is 9.58. The Morgan fingerprint density at radius 1 is 1.07 bits per heavy atom. The summed E-state index contributed by atoms with van der Waals surface area (Å²) in [5, 5.41) is 0. The maximum absolute atomic E-state index is 5.26. The van der Waals surface area contributed by atoms with Crippen LogP contribution < -0.4 is 0 Å². The third-order valence-corrected chi connectivity index (χ3v) is 2.45. The highest BCUT2D eigenvalue weighted by Gasteiger charge is 2.03. The standard InChI is InChI=1S/C13H20O/c1-10(2)9-12-5-7-13(8-6-12)11(3)14-4/h5-8,10-11H,9H2,1-4H3/t11-/m1/s1. The summed E-state index contributed by atoms with van der Waals surface area (Å²) < 4.78 is 5.26. The SMILES string of the molecule is CO[C@H](C)c1ccc(CC(C)C)cc1. The topological polar surface area (TPSA) is 9.23 Å². The fourth-order valence-electron chi connectivity index (χ4n) is 1.53. The molecule has 1 aromatic rings. The van der Waals surface area contributed by atoms with E-state index in [4.69, 9.17) is 4.74 Å². The third-order valence-electron chi connectivity index (χ3n) is 2.45. The van der Waals surface area contributed by atoms with Gasteiger partial charge in [0.15, 0.2) is 0 Å². The normalized spacial score (nSPS) is 13.2. The Bertz CT molecular complexity index is 261. The van der Waals surface area contributed by atoms with E-state index in [1.165, 1.54) is 11.1 Å². The lowest BCUT2D eigenvalue weighted by atomic mass is 10.0. The highest BCUT2D eigenvalue weighted by atomic mass is 16.5. The molecule has 0 spiro atoms. The van der Waals surface area contributed by atoms with Crippen LogP contribution in [0.5, 0.6) is 0 Å². The van der Waals surface area contributed by atoms with Gasteiger partial charge in [0.25, 0.3) is 0 Å². The summed E-state index contributed by atoms with van der Waals surface area (Å²) in [4.78, 5) is 0. The van der Waals surface area contributed by atoms with Crippen LogP contribution in [-0.2, 0) is 11.2 Å². The molecular formula is C13H20O. The van der Waals surface area contributed by atoms with Gasteiger partial charge >= 0.3 is 0 Å². The second-order valence-corrected chi connectivity index (χ2v) is 4.22. The van der Waals surface area contributed by atoms with Crippen LogP contribution in [0.15, 0.2) is 24.3 Å². The molecule has 0 bridgehead atoms. The lowest BCUT2D eigenvalue weighted by Gasteiger charge is -2.11. The van der Waals surface area contributed by atoms with Gasteiger partial charge in [-0.05, 0) is 30.4 Å². The molecule has 0 heterocycles. The molecule has 1 rings (SSSR count). The van der Waals surface area contributed by atoms with E-state index in [1.807, 2.05) is 0 Å². The molecule has 0 aliphatic rings. The molecule has 1 nitrogen and oxygen atoms in total. The second-order valence-electron chi connectivity index (χ2n) is 4.22. The molecule has 0 unspecified atom stereocenters. The second kappa shape index (κ2) is 5.16. The molecule has 0 radical (unpaired) electrons. The zero-order valence-corrected chi connectivity index (χ0v) is 9.58. The summed E-state index contributed by atoms with van der Waals surface area (Å²) in [6, 6.07) is 8.72. The van der Waals surface area contributed by atoms with Crippen LogP contribution in [0.25, 0.3) is 0 Å². The number of hydrogen-bond donors (Lipinski definition) is 0. The van der Waals surface area contributed by atoms with E-state index in [0.717, 1.165) is 12.3 Å². The van der Waals surface area contributed by atoms with Crippen LogP contribution in [0, 0.1) is 5.92 Å². The van der Waals surface area contributed by atoms with Crippen LogP contribution in [0.3, 0.4) is 0 Å². The van der Waals surface area contributed by atoms with Crippen molar-refractivity contribution in [1.82, 2.24) is 0 Å². The molecule has 0 fully saturated rings.